The van der Waals surface area contributed by atoms with Crippen molar-refractivity contribution in [3.8, 4) is 5.75 Å². The Bertz CT molecular complexity index is 485. The maximum atomic E-state index is 5.25. The lowest BCUT2D eigenvalue weighted by molar-refractivity contribution is 0.412. The zero-order valence-corrected chi connectivity index (χ0v) is 11.2. The minimum Gasteiger partial charge on any atom is -0.495 e. The summed E-state index contributed by atoms with van der Waals surface area (Å²) >= 11 is 3.43. The maximum absolute atomic E-state index is 5.25. The molecule has 0 spiro atoms. The summed E-state index contributed by atoms with van der Waals surface area (Å²) in [5.74, 6) is 0.836. The van der Waals surface area contributed by atoms with E-state index in [2.05, 4.69) is 33.4 Å². The second kappa shape index (κ2) is 5.73. The fourth-order valence-electron chi connectivity index (χ4n) is 1.57. The SMILES string of the molecule is COc1cc(NCc2ccccc2)ccc1Br. The van der Waals surface area contributed by atoms with Gasteiger partial charge in [-0.15, -0.1) is 0 Å². The van der Waals surface area contributed by atoms with Gasteiger partial charge in [-0.25, -0.2) is 0 Å². The third kappa shape index (κ3) is 3.24. The van der Waals surface area contributed by atoms with Crippen LogP contribution in [0.1, 0.15) is 5.56 Å². The largest absolute Gasteiger partial charge is 0.495 e. The second-order valence-electron chi connectivity index (χ2n) is 3.69. The molecule has 0 bridgehead atoms. The van der Waals surface area contributed by atoms with Crippen LogP contribution in [-0.2, 0) is 6.54 Å². The van der Waals surface area contributed by atoms with Crippen molar-refractivity contribution in [2.24, 2.45) is 0 Å². The molecule has 1 N–H and O–H groups in total. The predicted molar refractivity (Wildman–Crippen MR) is 74.5 cm³/mol. The highest BCUT2D eigenvalue weighted by molar-refractivity contribution is 9.10. The van der Waals surface area contributed by atoms with Crippen molar-refractivity contribution >= 4 is 21.6 Å². The van der Waals surface area contributed by atoms with E-state index in [0.29, 0.717) is 0 Å². The first-order valence-electron chi connectivity index (χ1n) is 5.41. The monoisotopic (exact) mass is 291 g/mol. The van der Waals surface area contributed by atoms with Gasteiger partial charge >= 0.3 is 0 Å². The van der Waals surface area contributed by atoms with Crippen molar-refractivity contribution in [1.29, 1.82) is 0 Å². The molecule has 0 saturated heterocycles. The van der Waals surface area contributed by atoms with Gasteiger partial charge in [-0.2, -0.15) is 0 Å². The molecule has 2 nitrogen and oxygen atoms in total. The second-order valence-corrected chi connectivity index (χ2v) is 4.54. The molecule has 0 radical (unpaired) electrons. The zero-order valence-electron chi connectivity index (χ0n) is 9.61. The van der Waals surface area contributed by atoms with Gasteiger partial charge in [0.15, 0.2) is 0 Å². The van der Waals surface area contributed by atoms with E-state index in [-0.39, 0.29) is 0 Å². The summed E-state index contributed by atoms with van der Waals surface area (Å²) in [6.07, 6.45) is 0. The van der Waals surface area contributed by atoms with Gasteiger partial charge in [-0.1, -0.05) is 30.3 Å². The molecular weight excluding hydrogens is 278 g/mol. The number of rotatable bonds is 4. The van der Waals surface area contributed by atoms with Crippen molar-refractivity contribution in [1.82, 2.24) is 0 Å². The Morgan fingerprint density at radius 1 is 1.12 bits per heavy atom. The van der Waals surface area contributed by atoms with Gasteiger partial charge in [0, 0.05) is 18.3 Å². The smallest absolute Gasteiger partial charge is 0.135 e. The third-order valence-electron chi connectivity index (χ3n) is 2.49. The lowest BCUT2D eigenvalue weighted by atomic mass is 10.2. The molecule has 2 rings (SSSR count). The van der Waals surface area contributed by atoms with Crippen molar-refractivity contribution in [3.05, 3.63) is 58.6 Å². The molecule has 0 amide bonds. The van der Waals surface area contributed by atoms with Crippen LogP contribution in [0.5, 0.6) is 5.75 Å². The molecule has 0 aliphatic heterocycles. The van der Waals surface area contributed by atoms with Crippen LogP contribution < -0.4 is 10.1 Å². The Labute approximate surface area is 110 Å². The van der Waals surface area contributed by atoms with Crippen LogP contribution in [0, 0.1) is 0 Å². The predicted octanol–water partition coefficient (Wildman–Crippen LogP) is 4.07. The minimum absolute atomic E-state index is 0.811. The summed E-state index contributed by atoms with van der Waals surface area (Å²) in [6, 6.07) is 16.3. The highest BCUT2D eigenvalue weighted by Gasteiger charge is 2.01. The van der Waals surface area contributed by atoms with Crippen molar-refractivity contribution in [2.45, 2.75) is 6.54 Å². The normalized spacial score (nSPS) is 10.0. The lowest BCUT2D eigenvalue weighted by Crippen LogP contribution is -1.99. The van der Waals surface area contributed by atoms with Gasteiger partial charge in [-0.3, -0.25) is 0 Å². The lowest BCUT2D eigenvalue weighted by Gasteiger charge is -2.09. The number of methoxy groups -OCH3 is 1. The minimum atomic E-state index is 0.811. The summed E-state index contributed by atoms with van der Waals surface area (Å²) in [5, 5.41) is 3.36. The highest BCUT2D eigenvalue weighted by atomic mass is 79.9. The van der Waals surface area contributed by atoms with Crippen molar-refractivity contribution < 1.29 is 4.74 Å². The molecule has 2 aromatic carbocycles. The maximum Gasteiger partial charge on any atom is 0.135 e. The summed E-state index contributed by atoms with van der Waals surface area (Å²) < 4.78 is 6.21. The average Bonchev–Trinajstić information content (AvgIpc) is 2.39. The van der Waals surface area contributed by atoms with E-state index in [1.165, 1.54) is 5.56 Å². The van der Waals surface area contributed by atoms with Crippen LogP contribution >= 0.6 is 15.9 Å². The summed E-state index contributed by atoms with van der Waals surface area (Å²) in [6.45, 7) is 0.811. The van der Waals surface area contributed by atoms with Crippen LogP contribution in [0.4, 0.5) is 5.69 Å². The van der Waals surface area contributed by atoms with Crippen LogP contribution in [0.15, 0.2) is 53.0 Å². The number of halogens is 1. The molecule has 0 aliphatic rings. The summed E-state index contributed by atoms with van der Waals surface area (Å²) in [4.78, 5) is 0. The first-order valence-corrected chi connectivity index (χ1v) is 6.20. The van der Waals surface area contributed by atoms with Gasteiger partial charge in [0.05, 0.1) is 11.6 Å². The van der Waals surface area contributed by atoms with Crippen LogP contribution in [0.3, 0.4) is 0 Å². The van der Waals surface area contributed by atoms with E-state index < -0.39 is 0 Å². The first kappa shape index (κ1) is 12.0. The first-order chi connectivity index (χ1) is 8.29. The van der Waals surface area contributed by atoms with Crippen molar-refractivity contribution in [3.63, 3.8) is 0 Å². The fraction of sp³-hybridized carbons (Fsp3) is 0.143. The molecule has 3 heteroatoms. The molecule has 88 valence electrons. The van der Waals surface area contributed by atoms with Crippen molar-refractivity contribution in [2.75, 3.05) is 12.4 Å². The number of hydrogen-bond donors (Lipinski definition) is 1. The summed E-state index contributed by atoms with van der Waals surface area (Å²) in [5.41, 5.74) is 2.31. The van der Waals surface area contributed by atoms with Gasteiger partial charge < -0.3 is 10.1 Å². The number of hydrogen-bond acceptors (Lipinski definition) is 2. The molecule has 17 heavy (non-hydrogen) atoms. The van der Waals surface area contributed by atoms with E-state index in [1.807, 2.05) is 36.4 Å². The Kier molecular flexibility index (Phi) is 4.04. The average molecular weight is 292 g/mol. The fourth-order valence-corrected chi connectivity index (χ4v) is 1.98. The van der Waals surface area contributed by atoms with E-state index in [9.17, 15) is 0 Å². The van der Waals surface area contributed by atoms with Gasteiger partial charge in [0.25, 0.3) is 0 Å². The zero-order chi connectivity index (χ0) is 12.1. The van der Waals surface area contributed by atoms with E-state index in [4.69, 9.17) is 4.74 Å². The molecule has 0 aromatic heterocycles. The Balaban J connectivity index is 2.04. The number of ether oxygens (including phenoxy) is 1. The Hall–Kier alpha value is -1.48. The van der Waals surface area contributed by atoms with Crippen LogP contribution in [0.2, 0.25) is 0 Å². The molecular formula is C14H14BrNO. The van der Waals surface area contributed by atoms with E-state index in [1.54, 1.807) is 7.11 Å². The van der Waals surface area contributed by atoms with E-state index in [0.717, 1.165) is 22.5 Å². The molecule has 0 saturated carbocycles. The number of anilines is 1. The number of nitrogens with one attached hydrogen (secondary N) is 1. The van der Waals surface area contributed by atoms with Gasteiger partial charge in [-0.05, 0) is 33.6 Å². The molecule has 0 atom stereocenters. The topological polar surface area (TPSA) is 21.3 Å². The van der Waals surface area contributed by atoms with E-state index >= 15 is 0 Å². The quantitative estimate of drug-likeness (QED) is 0.917. The Morgan fingerprint density at radius 3 is 2.59 bits per heavy atom. The number of benzene rings is 2. The van der Waals surface area contributed by atoms with Crippen LogP contribution in [-0.4, -0.2) is 7.11 Å². The van der Waals surface area contributed by atoms with Gasteiger partial charge in [0.1, 0.15) is 5.75 Å². The highest BCUT2D eigenvalue weighted by Crippen LogP contribution is 2.27. The molecule has 0 unspecified atom stereocenters. The van der Waals surface area contributed by atoms with Crippen LogP contribution in [0.25, 0.3) is 0 Å². The standard InChI is InChI=1S/C14H14BrNO/c1-17-14-9-12(7-8-13(14)15)16-10-11-5-3-2-4-6-11/h2-9,16H,10H2,1H3. The molecule has 0 aliphatic carbocycles. The molecule has 2 aromatic rings. The van der Waals surface area contributed by atoms with Gasteiger partial charge in [0.2, 0.25) is 0 Å². The Morgan fingerprint density at radius 2 is 1.88 bits per heavy atom. The third-order valence-corrected chi connectivity index (χ3v) is 3.15. The molecule has 0 fully saturated rings. The summed E-state index contributed by atoms with van der Waals surface area (Å²) in [7, 11) is 1.67. The molecule has 0 heterocycles.